The van der Waals surface area contributed by atoms with Gasteiger partial charge in [-0.25, -0.2) is 14.4 Å². The fraction of sp³-hybridized carbons (Fsp3) is 0.250. The van der Waals surface area contributed by atoms with E-state index in [-0.39, 0.29) is 24.7 Å². The molecule has 33 heavy (non-hydrogen) atoms. The Kier molecular flexibility index (Phi) is 8.46. The van der Waals surface area contributed by atoms with Crippen molar-refractivity contribution in [2.45, 2.75) is 31.8 Å². The molecule has 2 atom stereocenters. The first-order valence-corrected chi connectivity index (χ1v) is 10.8. The Morgan fingerprint density at radius 3 is 2.52 bits per heavy atom. The van der Waals surface area contributed by atoms with E-state index in [4.69, 9.17) is 22.1 Å². The third-order valence-corrected chi connectivity index (χ3v) is 5.14. The summed E-state index contributed by atoms with van der Waals surface area (Å²) in [5.41, 5.74) is 7.91. The number of hydrogen-bond acceptors (Lipinski definition) is 6. The van der Waals surface area contributed by atoms with Gasteiger partial charge in [0.15, 0.2) is 0 Å². The second-order valence-electron chi connectivity index (χ2n) is 7.36. The van der Waals surface area contributed by atoms with Crippen LogP contribution in [0, 0.1) is 5.82 Å². The van der Waals surface area contributed by atoms with Crippen LogP contribution < -0.4 is 11.1 Å². The summed E-state index contributed by atoms with van der Waals surface area (Å²) in [5, 5.41) is 3.28. The highest BCUT2D eigenvalue weighted by Crippen LogP contribution is 2.26. The Morgan fingerprint density at radius 2 is 1.85 bits per heavy atom. The van der Waals surface area contributed by atoms with E-state index in [1.165, 1.54) is 24.5 Å². The molecule has 0 saturated heterocycles. The molecule has 0 aliphatic heterocycles. The van der Waals surface area contributed by atoms with E-state index in [9.17, 15) is 14.0 Å². The van der Waals surface area contributed by atoms with Gasteiger partial charge >= 0.3 is 5.97 Å². The summed E-state index contributed by atoms with van der Waals surface area (Å²) in [6.07, 6.45) is 3.47. The molecular weight excluding hydrogens is 447 g/mol. The van der Waals surface area contributed by atoms with Crippen molar-refractivity contribution in [3.63, 3.8) is 0 Å². The number of halogens is 2. The Hall–Kier alpha value is -3.36. The van der Waals surface area contributed by atoms with E-state index in [1.54, 1.807) is 31.2 Å². The average Bonchev–Trinajstić information content (AvgIpc) is 2.82. The normalized spacial score (nSPS) is 12.6. The third kappa shape index (κ3) is 6.81. The zero-order valence-electron chi connectivity index (χ0n) is 18.0. The molecular formula is C24H24ClFN4O3. The number of rotatable bonds is 9. The number of carbonyl (C=O) groups excluding carboxylic acids is 2. The van der Waals surface area contributed by atoms with Gasteiger partial charge in [-0.3, -0.25) is 9.59 Å². The lowest BCUT2D eigenvalue weighted by Crippen LogP contribution is -2.44. The smallest absolute Gasteiger partial charge is 0.322 e. The summed E-state index contributed by atoms with van der Waals surface area (Å²) in [4.78, 5) is 32.5. The van der Waals surface area contributed by atoms with Gasteiger partial charge in [0.05, 0.1) is 6.61 Å². The quantitative estimate of drug-likeness (QED) is 0.463. The second kappa shape index (κ2) is 11.5. The predicted molar refractivity (Wildman–Crippen MR) is 123 cm³/mol. The number of nitrogens with two attached hydrogens (primary N) is 1. The fourth-order valence-corrected chi connectivity index (χ4v) is 3.51. The number of esters is 1. The van der Waals surface area contributed by atoms with Crippen LogP contribution in [0.2, 0.25) is 5.02 Å². The third-order valence-electron chi connectivity index (χ3n) is 4.91. The number of aromatic nitrogens is 2. The number of nitrogens with zero attached hydrogens (tertiary/aromatic N) is 2. The number of benzene rings is 2. The number of amides is 1. The number of ether oxygens (including phenoxy) is 1. The molecule has 0 fully saturated rings. The van der Waals surface area contributed by atoms with Crippen LogP contribution >= 0.6 is 11.6 Å². The Balaban J connectivity index is 1.77. The summed E-state index contributed by atoms with van der Waals surface area (Å²) in [5.74, 6) is -1.38. The number of hydrogen-bond donors (Lipinski definition) is 2. The van der Waals surface area contributed by atoms with Gasteiger partial charge < -0.3 is 15.8 Å². The molecule has 0 saturated carbocycles. The van der Waals surface area contributed by atoms with Gasteiger partial charge in [-0.05, 0) is 55.2 Å². The first kappa shape index (κ1) is 24.3. The molecule has 7 nitrogen and oxygen atoms in total. The Morgan fingerprint density at radius 1 is 1.15 bits per heavy atom. The first-order valence-electron chi connectivity index (χ1n) is 10.4. The zero-order chi connectivity index (χ0) is 23.8. The minimum Gasteiger partial charge on any atom is -0.465 e. The fourth-order valence-electron chi connectivity index (χ4n) is 3.34. The van der Waals surface area contributed by atoms with Gasteiger partial charge in [-0.15, -0.1) is 0 Å². The van der Waals surface area contributed by atoms with Gasteiger partial charge in [-0.2, -0.15) is 0 Å². The van der Waals surface area contributed by atoms with Crippen LogP contribution in [0.3, 0.4) is 0 Å². The minimum absolute atomic E-state index is 0.0129. The summed E-state index contributed by atoms with van der Waals surface area (Å²) in [6, 6.07) is 11.8. The molecule has 1 aromatic heterocycles. The van der Waals surface area contributed by atoms with Crippen LogP contribution in [0.5, 0.6) is 0 Å². The molecule has 1 amide bonds. The lowest BCUT2D eigenvalue weighted by Gasteiger charge is -2.21. The summed E-state index contributed by atoms with van der Waals surface area (Å²) in [7, 11) is 0. The molecule has 1 heterocycles. The molecule has 2 aromatic carbocycles. The van der Waals surface area contributed by atoms with Gasteiger partial charge in [-0.1, -0.05) is 35.9 Å². The Labute approximate surface area is 196 Å². The molecule has 0 aliphatic carbocycles. The molecule has 0 radical (unpaired) electrons. The van der Waals surface area contributed by atoms with E-state index in [2.05, 4.69) is 15.3 Å². The van der Waals surface area contributed by atoms with Crippen LogP contribution in [0.25, 0.3) is 11.1 Å². The van der Waals surface area contributed by atoms with Crippen LogP contribution in [-0.2, 0) is 16.0 Å². The van der Waals surface area contributed by atoms with Crippen molar-refractivity contribution >= 4 is 23.5 Å². The van der Waals surface area contributed by atoms with Crippen LogP contribution in [0.4, 0.5) is 4.39 Å². The molecule has 3 aromatic rings. The largest absolute Gasteiger partial charge is 0.465 e. The highest BCUT2D eigenvalue weighted by Gasteiger charge is 2.23. The second-order valence-corrected chi connectivity index (χ2v) is 7.80. The highest BCUT2D eigenvalue weighted by molar-refractivity contribution is 6.30. The van der Waals surface area contributed by atoms with Crippen LogP contribution in [-0.4, -0.2) is 40.5 Å². The lowest BCUT2D eigenvalue weighted by molar-refractivity contribution is -0.145. The Bertz CT molecular complexity index is 1100. The van der Waals surface area contributed by atoms with Crippen molar-refractivity contribution in [3.8, 4) is 11.1 Å². The van der Waals surface area contributed by atoms with E-state index in [0.717, 1.165) is 5.56 Å². The van der Waals surface area contributed by atoms with Gasteiger partial charge in [0, 0.05) is 29.0 Å². The molecule has 0 bridgehead atoms. The lowest BCUT2D eigenvalue weighted by atomic mass is 9.97. The minimum atomic E-state index is -0.910. The molecule has 3 N–H and O–H groups in total. The van der Waals surface area contributed by atoms with Crippen molar-refractivity contribution in [2.24, 2.45) is 5.73 Å². The van der Waals surface area contributed by atoms with Crippen molar-refractivity contribution in [1.29, 1.82) is 0 Å². The molecule has 0 unspecified atom stereocenters. The van der Waals surface area contributed by atoms with E-state index in [1.807, 2.05) is 12.1 Å². The maximum absolute atomic E-state index is 14.2. The molecule has 172 valence electrons. The molecule has 3 rings (SSSR count). The SMILES string of the molecule is CCOC(=O)[C@H](N)C[C@@H](Cc1ccc(-c2cc(Cl)ccc2F)cc1)NC(=O)c1ncccn1. The predicted octanol–water partition coefficient (Wildman–Crippen LogP) is 3.56. The van der Waals surface area contributed by atoms with Crippen molar-refractivity contribution in [2.75, 3.05) is 6.61 Å². The summed E-state index contributed by atoms with van der Waals surface area (Å²) >= 11 is 6.00. The summed E-state index contributed by atoms with van der Waals surface area (Å²) < 4.78 is 19.2. The van der Waals surface area contributed by atoms with Gasteiger partial charge in [0.1, 0.15) is 11.9 Å². The van der Waals surface area contributed by atoms with Gasteiger partial charge in [0.25, 0.3) is 5.91 Å². The monoisotopic (exact) mass is 470 g/mol. The van der Waals surface area contributed by atoms with Crippen LogP contribution in [0.1, 0.15) is 29.5 Å². The van der Waals surface area contributed by atoms with Crippen LogP contribution in [0.15, 0.2) is 60.9 Å². The summed E-state index contributed by atoms with van der Waals surface area (Å²) in [6.45, 7) is 1.91. The van der Waals surface area contributed by atoms with E-state index in [0.29, 0.717) is 22.6 Å². The standard InChI is InChI=1S/C24H24ClFN4O3/c1-2-33-24(32)21(27)14-18(30-23(31)22-28-10-3-11-29-22)12-15-4-6-16(7-5-15)19-13-17(25)8-9-20(19)26/h3-11,13,18,21H,2,12,14,27H2,1H3,(H,30,31)/t18-,21-/m1/s1. The molecule has 0 spiro atoms. The van der Waals surface area contributed by atoms with Crippen molar-refractivity contribution in [3.05, 3.63) is 83.2 Å². The van der Waals surface area contributed by atoms with E-state index < -0.39 is 24.0 Å². The maximum Gasteiger partial charge on any atom is 0.322 e. The zero-order valence-corrected chi connectivity index (χ0v) is 18.8. The topological polar surface area (TPSA) is 107 Å². The number of nitrogens with one attached hydrogen (secondary N) is 1. The maximum atomic E-state index is 14.2. The number of carbonyl (C=O) groups is 2. The average molecular weight is 471 g/mol. The first-order chi connectivity index (χ1) is 15.9. The van der Waals surface area contributed by atoms with Crippen molar-refractivity contribution < 1.29 is 18.7 Å². The van der Waals surface area contributed by atoms with E-state index >= 15 is 0 Å². The molecule has 9 heteroatoms. The molecule has 0 aliphatic rings. The highest BCUT2D eigenvalue weighted by atomic mass is 35.5. The van der Waals surface area contributed by atoms with Crippen molar-refractivity contribution in [1.82, 2.24) is 15.3 Å². The van der Waals surface area contributed by atoms with Gasteiger partial charge in [0.2, 0.25) is 5.82 Å².